The number of methoxy groups -OCH3 is 2. The van der Waals surface area contributed by atoms with Crippen LogP contribution in [0.2, 0.25) is 0 Å². The summed E-state index contributed by atoms with van der Waals surface area (Å²) in [6.07, 6.45) is -0.717. The zero-order valence-corrected chi connectivity index (χ0v) is 12.8. The molecule has 0 bridgehead atoms. The fourth-order valence-corrected chi connectivity index (χ4v) is 2.13. The van der Waals surface area contributed by atoms with Crippen LogP contribution < -0.4 is 14.4 Å². The molecule has 4 heteroatoms. The van der Waals surface area contributed by atoms with Crippen molar-refractivity contribution in [1.82, 2.24) is 0 Å². The molecule has 112 valence electrons. The monoisotopic (exact) mass is 287 g/mol. The maximum absolute atomic E-state index is 10.5. The summed E-state index contributed by atoms with van der Waals surface area (Å²) in [6, 6.07) is 13.2. The predicted octanol–water partition coefficient (Wildman–Crippen LogP) is 2.85. The zero-order valence-electron chi connectivity index (χ0n) is 12.8. The van der Waals surface area contributed by atoms with Gasteiger partial charge in [0.25, 0.3) is 0 Å². The van der Waals surface area contributed by atoms with E-state index in [0.29, 0.717) is 11.5 Å². The molecule has 1 atom stereocenters. The average molecular weight is 287 g/mol. The summed E-state index contributed by atoms with van der Waals surface area (Å²) in [4.78, 5) is 2.02. The Bertz CT molecular complexity index is 571. The van der Waals surface area contributed by atoms with Crippen molar-refractivity contribution in [2.24, 2.45) is 0 Å². The second kappa shape index (κ2) is 6.50. The van der Waals surface area contributed by atoms with Gasteiger partial charge in [-0.15, -0.1) is 0 Å². The van der Waals surface area contributed by atoms with Crippen LogP contribution in [0.5, 0.6) is 11.5 Å². The lowest BCUT2D eigenvalue weighted by atomic mass is 10.0. The van der Waals surface area contributed by atoms with Crippen LogP contribution in [-0.4, -0.2) is 33.4 Å². The number of ether oxygens (including phenoxy) is 2. The first-order valence-corrected chi connectivity index (χ1v) is 6.73. The standard InChI is InChI=1S/C17H21NO3/c1-18(2)14-7-5-12(6-8-14)17(19)13-9-15(20-3)11-16(10-13)21-4/h5-11,17,19H,1-4H3. The highest BCUT2D eigenvalue weighted by Crippen LogP contribution is 2.30. The number of aliphatic hydroxyl groups excluding tert-OH is 1. The smallest absolute Gasteiger partial charge is 0.122 e. The van der Waals surface area contributed by atoms with Gasteiger partial charge in [0.15, 0.2) is 0 Å². The van der Waals surface area contributed by atoms with E-state index < -0.39 is 6.10 Å². The number of aliphatic hydroxyl groups is 1. The fourth-order valence-electron chi connectivity index (χ4n) is 2.13. The lowest BCUT2D eigenvalue weighted by Gasteiger charge is -2.16. The molecule has 2 aromatic rings. The summed E-state index contributed by atoms with van der Waals surface area (Å²) in [5, 5.41) is 10.5. The summed E-state index contributed by atoms with van der Waals surface area (Å²) in [5.74, 6) is 1.32. The Morgan fingerprint density at radius 1 is 0.857 bits per heavy atom. The van der Waals surface area contributed by atoms with Crippen LogP contribution in [0.3, 0.4) is 0 Å². The molecular weight excluding hydrogens is 266 g/mol. The van der Waals surface area contributed by atoms with Crippen molar-refractivity contribution in [1.29, 1.82) is 0 Å². The summed E-state index contributed by atoms with van der Waals surface area (Å²) in [7, 11) is 7.16. The van der Waals surface area contributed by atoms with Crippen molar-refractivity contribution in [3.8, 4) is 11.5 Å². The van der Waals surface area contributed by atoms with Gasteiger partial charge in [0, 0.05) is 25.8 Å². The molecule has 1 N–H and O–H groups in total. The third kappa shape index (κ3) is 3.47. The Balaban J connectivity index is 2.32. The van der Waals surface area contributed by atoms with Gasteiger partial charge in [-0.05, 0) is 35.4 Å². The lowest BCUT2D eigenvalue weighted by Crippen LogP contribution is -2.08. The summed E-state index contributed by atoms with van der Waals surface area (Å²) in [6.45, 7) is 0. The van der Waals surface area contributed by atoms with Crippen molar-refractivity contribution in [2.45, 2.75) is 6.10 Å². The fraction of sp³-hybridized carbons (Fsp3) is 0.294. The number of rotatable bonds is 5. The first-order valence-electron chi connectivity index (χ1n) is 6.73. The SMILES string of the molecule is COc1cc(OC)cc(C(O)c2ccc(N(C)C)cc2)c1. The van der Waals surface area contributed by atoms with Gasteiger partial charge in [-0.2, -0.15) is 0 Å². The Morgan fingerprint density at radius 2 is 1.38 bits per heavy atom. The minimum atomic E-state index is -0.717. The largest absolute Gasteiger partial charge is 0.497 e. The molecule has 0 aliphatic carbocycles. The number of nitrogens with zero attached hydrogens (tertiary/aromatic N) is 1. The molecule has 2 aromatic carbocycles. The van der Waals surface area contributed by atoms with Gasteiger partial charge in [0.1, 0.15) is 17.6 Å². The van der Waals surface area contributed by atoms with E-state index in [0.717, 1.165) is 16.8 Å². The maximum atomic E-state index is 10.5. The van der Waals surface area contributed by atoms with E-state index in [-0.39, 0.29) is 0 Å². The van der Waals surface area contributed by atoms with Crippen LogP contribution in [0.15, 0.2) is 42.5 Å². The molecule has 0 heterocycles. The molecular formula is C17H21NO3. The van der Waals surface area contributed by atoms with Gasteiger partial charge < -0.3 is 19.5 Å². The summed E-state index contributed by atoms with van der Waals surface area (Å²) >= 11 is 0. The molecule has 0 fully saturated rings. The van der Waals surface area contributed by atoms with E-state index in [1.54, 1.807) is 20.3 Å². The Kier molecular flexibility index (Phi) is 4.70. The highest BCUT2D eigenvalue weighted by molar-refractivity contribution is 5.48. The van der Waals surface area contributed by atoms with E-state index in [4.69, 9.17) is 9.47 Å². The van der Waals surface area contributed by atoms with E-state index in [1.165, 1.54) is 0 Å². The van der Waals surface area contributed by atoms with Gasteiger partial charge in [0.2, 0.25) is 0 Å². The van der Waals surface area contributed by atoms with E-state index in [1.807, 2.05) is 55.4 Å². The molecule has 0 aromatic heterocycles. The van der Waals surface area contributed by atoms with Crippen LogP contribution in [0.4, 0.5) is 5.69 Å². The highest BCUT2D eigenvalue weighted by Gasteiger charge is 2.13. The van der Waals surface area contributed by atoms with Crippen LogP contribution in [0.1, 0.15) is 17.2 Å². The van der Waals surface area contributed by atoms with Crippen molar-refractivity contribution < 1.29 is 14.6 Å². The Labute approximate surface area is 125 Å². The molecule has 0 radical (unpaired) electrons. The molecule has 0 spiro atoms. The summed E-state index contributed by atoms with van der Waals surface area (Å²) in [5.41, 5.74) is 2.66. The third-order valence-electron chi connectivity index (χ3n) is 3.41. The minimum Gasteiger partial charge on any atom is -0.497 e. The summed E-state index contributed by atoms with van der Waals surface area (Å²) < 4.78 is 10.5. The highest BCUT2D eigenvalue weighted by atomic mass is 16.5. The number of hydrogen-bond donors (Lipinski definition) is 1. The van der Waals surface area contributed by atoms with Gasteiger partial charge >= 0.3 is 0 Å². The van der Waals surface area contributed by atoms with E-state index in [2.05, 4.69) is 0 Å². The quantitative estimate of drug-likeness (QED) is 0.918. The van der Waals surface area contributed by atoms with Crippen molar-refractivity contribution in [2.75, 3.05) is 33.2 Å². The van der Waals surface area contributed by atoms with Gasteiger partial charge in [-0.25, -0.2) is 0 Å². The first-order chi connectivity index (χ1) is 10.0. The second-order valence-corrected chi connectivity index (χ2v) is 5.03. The molecule has 0 aliphatic rings. The molecule has 0 saturated heterocycles. The minimum absolute atomic E-state index is 0.660. The second-order valence-electron chi connectivity index (χ2n) is 5.03. The van der Waals surface area contributed by atoms with Crippen molar-refractivity contribution >= 4 is 5.69 Å². The maximum Gasteiger partial charge on any atom is 0.122 e. The van der Waals surface area contributed by atoms with E-state index >= 15 is 0 Å². The number of benzene rings is 2. The Morgan fingerprint density at radius 3 is 1.81 bits per heavy atom. The molecule has 4 nitrogen and oxygen atoms in total. The van der Waals surface area contributed by atoms with Crippen LogP contribution in [0, 0.1) is 0 Å². The molecule has 1 unspecified atom stereocenters. The van der Waals surface area contributed by atoms with Crippen molar-refractivity contribution in [3.63, 3.8) is 0 Å². The lowest BCUT2D eigenvalue weighted by molar-refractivity contribution is 0.219. The third-order valence-corrected chi connectivity index (χ3v) is 3.41. The number of hydrogen-bond acceptors (Lipinski definition) is 4. The van der Waals surface area contributed by atoms with Crippen LogP contribution in [-0.2, 0) is 0 Å². The molecule has 21 heavy (non-hydrogen) atoms. The van der Waals surface area contributed by atoms with Gasteiger partial charge in [-0.1, -0.05) is 12.1 Å². The van der Waals surface area contributed by atoms with Gasteiger partial charge in [0.05, 0.1) is 14.2 Å². The van der Waals surface area contributed by atoms with E-state index in [9.17, 15) is 5.11 Å². The van der Waals surface area contributed by atoms with Crippen molar-refractivity contribution in [3.05, 3.63) is 53.6 Å². The number of anilines is 1. The normalized spacial score (nSPS) is 11.9. The molecule has 0 saturated carbocycles. The van der Waals surface area contributed by atoms with Crippen LogP contribution >= 0.6 is 0 Å². The van der Waals surface area contributed by atoms with Gasteiger partial charge in [-0.3, -0.25) is 0 Å². The molecule has 0 aliphatic heterocycles. The first kappa shape index (κ1) is 15.2. The zero-order chi connectivity index (χ0) is 15.4. The predicted molar refractivity (Wildman–Crippen MR) is 84.4 cm³/mol. The van der Waals surface area contributed by atoms with Crippen LogP contribution in [0.25, 0.3) is 0 Å². The Hall–Kier alpha value is -2.20. The molecule has 0 amide bonds. The molecule has 2 rings (SSSR count). The average Bonchev–Trinajstić information content (AvgIpc) is 2.53. The topological polar surface area (TPSA) is 41.9 Å².